The number of nitro groups is 1. The minimum Gasteiger partial charge on any atom is -0.375 e. The second-order valence-corrected chi connectivity index (χ2v) is 5.54. The summed E-state index contributed by atoms with van der Waals surface area (Å²) >= 11 is 0. The molecular formula is C18H22N4O3. The third kappa shape index (κ3) is 5.58. The molecule has 0 saturated heterocycles. The fourth-order valence-electron chi connectivity index (χ4n) is 2.34. The molecule has 0 aliphatic heterocycles. The number of hydrogen-bond acceptors (Lipinski definition) is 5. The molecule has 0 saturated carbocycles. The van der Waals surface area contributed by atoms with Gasteiger partial charge in [-0.15, -0.1) is 0 Å². The van der Waals surface area contributed by atoms with Gasteiger partial charge in [-0.05, 0) is 37.7 Å². The van der Waals surface area contributed by atoms with Crippen molar-refractivity contribution in [1.29, 1.82) is 0 Å². The van der Waals surface area contributed by atoms with Crippen molar-refractivity contribution in [2.24, 2.45) is 0 Å². The molecule has 0 aromatic heterocycles. The van der Waals surface area contributed by atoms with Crippen LogP contribution in [0, 0.1) is 10.1 Å². The molecule has 2 aromatic rings. The zero-order valence-corrected chi connectivity index (χ0v) is 14.1. The number of carbonyl (C=O) groups excluding carboxylic acids is 1. The summed E-state index contributed by atoms with van der Waals surface area (Å²) < 4.78 is 0. The van der Waals surface area contributed by atoms with Gasteiger partial charge in [-0.3, -0.25) is 14.9 Å². The molecule has 1 amide bonds. The van der Waals surface area contributed by atoms with Gasteiger partial charge in [0.05, 0.1) is 4.92 Å². The van der Waals surface area contributed by atoms with Crippen molar-refractivity contribution in [2.45, 2.75) is 13.0 Å². The van der Waals surface area contributed by atoms with Crippen LogP contribution in [-0.4, -0.2) is 31.0 Å². The first-order chi connectivity index (χ1) is 12.1. The lowest BCUT2D eigenvalue weighted by atomic mass is 10.1. The molecule has 3 N–H and O–H groups in total. The molecule has 25 heavy (non-hydrogen) atoms. The van der Waals surface area contributed by atoms with Crippen LogP contribution in [0.4, 0.5) is 11.4 Å². The van der Waals surface area contributed by atoms with E-state index >= 15 is 0 Å². The number of hydrogen-bond donors (Lipinski definition) is 3. The van der Waals surface area contributed by atoms with Gasteiger partial charge in [-0.25, -0.2) is 0 Å². The minimum absolute atomic E-state index is 0.112. The lowest BCUT2D eigenvalue weighted by Gasteiger charge is -2.09. The largest absolute Gasteiger partial charge is 0.375 e. The highest BCUT2D eigenvalue weighted by molar-refractivity contribution is 5.95. The summed E-state index contributed by atoms with van der Waals surface area (Å²) in [6.45, 7) is 1.78. The summed E-state index contributed by atoms with van der Waals surface area (Å²) in [6.07, 6.45) is 0.793. The fourth-order valence-corrected chi connectivity index (χ4v) is 2.34. The van der Waals surface area contributed by atoms with Gasteiger partial charge in [0.15, 0.2) is 0 Å². The van der Waals surface area contributed by atoms with E-state index in [0.29, 0.717) is 18.8 Å². The SMILES string of the molecule is CNCCCNC(=O)c1ccc(NCc2ccccc2)c([N+](=O)[O-])c1. The Hall–Kier alpha value is -2.93. The van der Waals surface area contributed by atoms with Crippen molar-refractivity contribution in [1.82, 2.24) is 10.6 Å². The van der Waals surface area contributed by atoms with Gasteiger partial charge in [0, 0.05) is 24.7 Å². The number of nitro benzene ring substituents is 1. The van der Waals surface area contributed by atoms with Crippen molar-refractivity contribution in [2.75, 3.05) is 25.5 Å². The van der Waals surface area contributed by atoms with Crippen LogP contribution in [-0.2, 0) is 6.54 Å². The van der Waals surface area contributed by atoms with Gasteiger partial charge >= 0.3 is 0 Å². The van der Waals surface area contributed by atoms with Gasteiger partial charge in [0.1, 0.15) is 5.69 Å². The maximum atomic E-state index is 12.1. The van der Waals surface area contributed by atoms with E-state index in [-0.39, 0.29) is 17.2 Å². The number of amides is 1. The predicted molar refractivity (Wildman–Crippen MR) is 97.7 cm³/mol. The highest BCUT2D eigenvalue weighted by Gasteiger charge is 2.17. The van der Waals surface area contributed by atoms with E-state index in [1.807, 2.05) is 37.4 Å². The molecule has 0 aliphatic carbocycles. The zero-order chi connectivity index (χ0) is 18.1. The molecule has 0 fully saturated rings. The van der Waals surface area contributed by atoms with Gasteiger partial charge in [-0.2, -0.15) is 0 Å². The van der Waals surface area contributed by atoms with E-state index in [4.69, 9.17) is 0 Å². The van der Waals surface area contributed by atoms with Crippen LogP contribution in [0.1, 0.15) is 22.3 Å². The zero-order valence-electron chi connectivity index (χ0n) is 14.1. The van der Waals surface area contributed by atoms with Crippen LogP contribution in [0.2, 0.25) is 0 Å². The average Bonchev–Trinajstić information content (AvgIpc) is 2.64. The summed E-state index contributed by atoms with van der Waals surface area (Å²) in [5, 5.41) is 20.1. The Morgan fingerprint density at radius 3 is 2.56 bits per heavy atom. The molecule has 7 heteroatoms. The molecule has 0 radical (unpaired) electrons. The Bertz CT molecular complexity index is 720. The molecule has 7 nitrogen and oxygen atoms in total. The van der Waals surface area contributed by atoms with Crippen LogP contribution < -0.4 is 16.0 Å². The topological polar surface area (TPSA) is 96.3 Å². The van der Waals surface area contributed by atoms with E-state index in [1.165, 1.54) is 6.07 Å². The van der Waals surface area contributed by atoms with Crippen LogP contribution in [0.15, 0.2) is 48.5 Å². The Morgan fingerprint density at radius 2 is 1.88 bits per heavy atom. The highest BCUT2D eigenvalue weighted by atomic mass is 16.6. The Kier molecular flexibility index (Phi) is 6.91. The highest BCUT2D eigenvalue weighted by Crippen LogP contribution is 2.26. The maximum Gasteiger partial charge on any atom is 0.293 e. The van der Waals surface area contributed by atoms with Gasteiger partial charge < -0.3 is 16.0 Å². The average molecular weight is 342 g/mol. The van der Waals surface area contributed by atoms with E-state index < -0.39 is 4.92 Å². The van der Waals surface area contributed by atoms with Crippen molar-refractivity contribution >= 4 is 17.3 Å². The standard InChI is InChI=1S/C18H22N4O3/c1-19-10-5-11-20-18(23)15-8-9-16(17(12-15)22(24)25)21-13-14-6-3-2-4-7-14/h2-4,6-9,12,19,21H,5,10-11,13H2,1H3,(H,20,23). The van der Waals surface area contributed by atoms with Crippen molar-refractivity contribution in [3.8, 4) is 0 Å². The molecule has 0 unspecified atom stereocenters. The number of nitrogens with one attached hydrogen (secondary N) is 3. The quantitative estimate of drug-likeness (QED) is 0.370. The fraction of sp³-hybridized carbons (Fsp3) is 0.278. The number of benzene rings is 2. The molecule has 0 heterocycles. The molecule has 0 bridgehead atoms. The lowest BCUT2D eigenvalue weighted by Crippen LogP contribution is -2.26. The smallest absolute Gasteiger partial charge is 0.293 e. The normalized spacial score (nSPS) is 10.3. The number of carbonyl (C=O) groups is 1. The second kappa shape index (κ2) is 9.39. The third-order valence-corrected chi connectivity index (χ3v) is 3.67. The van der Waals surface area contributed by atoms with Crippen LogP contribution in [0.25, 0.3) is 0 Å². The van der Waals surface area contributed by atoms with Gasteiger partial charge in [0.2, 0.25) is 0 Å². The predicted octanol–water partition coefficient (Wildman–Crippen LogP) is 2.55. The molecule has 132 valence electrons. The summed E-state index contributed by atoms with van der Waals surface area (Å²) in [7, 11) is 1.84. The van der Waals surface area contributed by atoms with Crippen molar-refractivity contribution < 1.29 is 9.72 Å². The Balaban J connectivity index is 2.06. The summed E-state index contributed by atoms with van der Waals surface area (Å²) in [6, 6.07) is 14.1. The summed E-state index contributed by atoms with van der Waals surface area (Å²) in [5.41, 5.74) is 1.57. The van der Waals surface area contributed by atoms with Gasteiger partial charge in [-0.1, -0.05) is 30.3 Å². The third-order valence-electron chi connectivity index (χ3n) is 3.67. The Labute approximate surface area is 146 Å². The van der Waals surface area contributed by atoms with Crippen molar-refractivity contribution in [3.63, 3.8) is 0 Å². The molecule has 0 aliphatic rings. The number of nitrogens with zero attached hydrogens (tertiary/aromatic N) is 1. The van der Waals surface area contributed by atoms with E-state index in [2.05, 4.69) is 16.0 Å². The molecule has 2 aromatic carbocycles. The van der Waals surface area contributed by atoms with Crippen molar-refractivity contribution in [3.05, 3.63) is 69.8 Å². The molecule has 0 atom stereocenters. The number of anilines is 1. The summed E-state index contributed by atoms with van der Waals surface area (Å²) in [5.74, 6) is -0.311. The Morgan fingerprint density at radius 1 is 1.12 bits per heavy atom. The second-order valence-electron chi connectivity index (χ2n) is 5.54. The minimum atomic E-state index is -0.481. The first-order valence-electron chi connectivity index (χ1n) is 8.11. The van der Waals surface area contributed by atoms with Gasteiger partial charge in [0.25, 0.3) is 11.6 Å². The van der Waals surface area contributed by atoms with E-state index in [9.17, 15) is 14.9 Å². The monoisotopic (exact) mass is 342 g/mol. The molecule has 2 rings (SSSR count). The lowest BCUT2D eigenvalue weighted by molar-refractivity contribution is -0.384. The van der Waals surface area contributed by atoms with Crippen LogP contribution in [0.3, 0.4) is 0 Å². The first kappa shape index (κ1) is 18.4. The summed E-state index contributed by atoms with van der Waals surface area (Å²) in [4.78, 5) is 23.0. The first-order valence-corrected chi connectivity index (χ1v) is 8.11. The molecular weight excluding hydrogens is 320 g/mol. The maximum absolute atomic E-state index is 12.1. The molecule has 0 spiro atoms. The van der Waals surface area contributed by atoms with E-state index in [0.717, 1.165) is 18.5 Å². The number of rotatable bonds is 9. The van der Waals surface area contributed by atoms with Crippen LogP contribution in [0.5, 0.6) is 0 Å². The van der Waals surface area contributed by atoms with E-state index in [1.54, 1.807) is 12.1 Å². The van der Waals surface area contributed by atoms with Crippen LogP contribution >= 0.6 is 0 Å².